The first-order chi connectivity index (χ1) is 17.2. The fraction of sp³-hybridized carbons (Fsp3) is 0.467. The molecule has 1 atom stereocenters. The van der Waals surface area contributed by atoms with Crippen molar-refractivity contribution >= 4 is 28.8 Å². The molecule has 0 bridgehead atoms. The first kappa shape index (κ1) is 24.4. The van der Waals surface area contributed by atoms with Crippen molar-refractivity contribution in [3.63, 3.8) is 0 Å². The third-order valence-corrected chi connectivity index (χ3v) is 7.76. The maximum absolute atomic E-state index is 13.8. The zero-order chi connectivity index (χ0) is 25.4. The first-order valence-electron chi connectivity index (χ1n) is 13.2. The van der Waals surface area contributed by atoms with Gasteiger partial charge in [-0.2, -0.15) is 0 Å². The maximum atomic E-state index is 13.8. The molecule has 0 aromatic heterocycles. The lowest BCUT2D eigenvalue weighted by Gasteiger charge is -2.38. The molecule has 5 rings (SSSR count). The number of hydrogen-bond acceptors (Lipinski definition) is 5. The standard InChI is InChI=1S/C30H38N4O2/c1-30(2)17-24-28(26(35)18-30)29(20-13-15-22(16-14-20)33(3)4)34(25-12-8-7-11-23(25)32-24)19-27(36)31-21-9-5-6-10-21/h7-8,11-16,21,29,32H,5-6,9-10,17-19H2,1-4H3,(H,31,36). The maximum Gasteiger partial charge on any atom is 0.239 e. The molecule has 1 amide bonds. The number of amides is 1. The minimum Gasteiger partial charge on any atom is -0.378 e. The largest absolute Gasteiger partial charge is 0.378 e. The molecular weight excluding hydrogens is 448 g/mol. The van der Waals surface area contributed by atoms with Crippen LogP contribution in [0.25, 0.3) is 0 Å². The molecule has 2 aromatic carbocycles. The summed E-state index contributed by atoms with van der Waals surface area (Å²) in [4.78, 5) is 31.4. The van der Waals surface area contributed by atoms with E-state index in [0.29, 0.717) is 6.42 Å². The van der Waals surface area contributed by atoms with Crippen LogP contribution in [0, 0.1) is 5.41 Å². The van der Waals surface area contributed by atoms with Crippen LogP contribution in [0.15, 0.2) is 59.8 Å². The van der Waals surface area contributed by atoms with Crippen molar-refractivity contribution < 1.29 is 9.59 Å². The van der Waals surface area contributed by atoms with E-state index in [-0.39, 0.29) is 35.7 Å². The predicted octanol–water partition coefficient (Wildman–Crippen LogP) is 5.43. The van der Waals surface area contributed by atoms with Gasteiger partial charge in [0.2, 0.25) is 5.91 Å². The number of nitrogens with zero attached hydrogens (tertiary/aromatic N) is 2. The lowest BCUT2D eigenvalue weighted by Crippen LogP contribution is -2.44. The lowest BCUT2D eigenvalue weighted by atomic mass is 9.73. The topological polar surface area (TPSA) is 64.7 Å². The van der Waals surface area contributed by atoms with E-state index in [1.165, 1.54) is 12.8 Å². The summed E-state index contributed by atoms with van der Waals surface area (Å²) in [5.74, 6) is 0.170. The summed E-state index contributed by atoms with van der Waals surface area (Å²) in [5, 5.41) is 6.89. The highest BCUT2D eigenvalue weighted by atomic mass is 16.2. The van der Waals surface area contributed by atoms with Gasteiger partial charge in [-0.3, -0.25) is 9.59 Å². The van der Waals surface area contributed by atoms with Gasteiger partial charge in [0.15, 0.2) is 5.78 Å². The number of benzene rings is 2. The van der Waals surface area contributed by atoms with E-state index < -0.39 is 0 Å². The fourth-order valence-corrected chi connectivity index (χ4v) is 6.03. The van der Waals surface area contributed by atoms with Crippen LogP contribution in [-0.2, 0) is 9.59 Å². The average molecular weight is 487 g/mol. The van der Waals surface area contributed by atoms with Crippen LogP contribution in [0.3, 0.4) is 0 Å². The van der Waals surface area contributed by atoms with E-state index in [1.807, 2.05) is 32.3 Å². The van der Waals surface area contributed by atoms with Gasteiger partial charge in [-0.15, -0.1) is 0 Å². The number of para-hydroxylation sites is 2. The van der Waals surface area contributed by atoms with Crippen molar-refractivity contribution in [2.24, 2.45) is 5.41 Å². The molecule has 1 aliphatic heterocycles. The molecular formula is C30H38N4O2. The Morgan fingerprint density at radius 2 is 1.75 bits per heavy atom. The molecule has 1 saturated carbocycles. The molecule has 3 aliphatic rings. The third kappa shape index (κ3) is 4.86. The normalized spacial score (nSPS) is 21.4. The fourth-order valence-electron chi connectivity index (χ4n) is 6.03. The number of fused-ring (bicyclic) bond motifs is 1. The van der Waals surface area contributed by atoms with Crippen LogP contribution in [0.5, 0.6) is 0 Å². The summed E-state index contributed by atoms with van der Waals surface area (Å²) in [6, 6.07) is 16.4. The van der Waals surface area contributed by atoms with Crippen LogP contribution < -0.4 is 20.4 Å². The molecule has 2 N–H and O–H groups in total. The Labute approximate surface area is 214 Å². The molecule has 190 valence electrons. The molecule has 0 spiro atoms. The number of carbonyl (C=O) groups is 2. The molecule has 1 fully saturated rings. The summed E-state index contributed by atoms with van der Waals surface area (Å²) in [5.41, 5.74) is 5.65. The summed E-state index contributed by atoms with van der Waals surface area (Å²) in [6.45, 7) is 4.50. The van der Waals surface area contributed by atoms with Crippen molar-refractivity contribution in [1.29, 1.82) is 0 Å². The monoisotopic (exact) mass is 486 g/mol. The van der Waals surface area contributed by atoms with Gasteiger partial charge in [0.05, 0.1) is 24.0 Å². The highest BCUT2D eigenvalue weighted by Gasteiger charge is 2.42. The quantitative estimate of drug-likeness (QED) is 0.590. The van der Waals surface area contributed by atoms with Crippen LogP contribution in [0.2, 0.25) is 0 Å². The van der Waals surface area contributed by atoms with Crippen molar-refractivity contribution in [2.45, 2.75) is 64.5 Å². The van der Waals surface area contributed by atoms with E-state index in [9.17, 15) is 9.59 Å². The first-order valence-corrected chi connectivity index (χ1v) is 13.2. The smallest absolute Gasteiger partial charge is 0.239 e. The molecule has 36 heavy (non-hydrogen) atoms. The number of allylic oxidation sites excluding steroid dienone is 1. The van der Waals surface area contributed by atoms with Gasteiger partial charge in [0.25, 0.3) is 0 Å². The van der Waals surface area contributed by atoms with Gasteiger partial charge in [0.1, 0.15) is 0 Å². The number of anilines is 3. The number of nitrogens with one attached hydrogen (secondary N) is 2. The minimum atomic E-state index is -0.342. The van der Waals surface area contributed by atoms with Gasteiger partial charge in [-0.1, -0.05) is 51.0 Å². The van der Waals surface area contributed by atoms with Crippen LogP contribution in [0.1, 0.15) is 64.0 Å². The zero-order valence-electron chi connectivity index (χ0n) is 21.9. The Hall–Kier alpha value is -3.28. The zero-order valence-corrected chi connectivity index (χ0v) is 21.9. The van der Waals surface area contributed by atoms with Crippen LogP contribution in [-0.4, -0.2) is 38.4 Å². The molecule has 0 saturated heterocycles. The molecule has 2 aromatic rings. The van der Waals surface area contributed by atoms with E-state index in [4.69, 9.17) is 0 Å². The highest BCUT2D eigenvalue weighted by Crippen LogP contribution is 2.48. The molecule has 6 heteroatoms. The summed E-state index contributed by atoms with van der Waals surface area (Å²) >= 11 is 0. The van der Waals surface area contributed by atoms with Crippen LogP contribution >= 0.6 is 0 Å². The summed E-state index contributed by atoms with van der Waals surface area (Å²) < 4.78 is 0. The number of Topliss-reactive ketones (excluding diaryl/α,β-unsaturated/α-hetero) is 1. The highest BCUT2D eigenvalue weighted by molar-refractivity contribution is 6.02. The summed E-state index contributed by atoms with van der Waals surface area (Å²) in [6.07, 6.45) is 5.71. The molecule has 2 aliphatic carbocycles. The Kier molecular flexibility index (Phi) is 6.54. The average Bonchev–Trinajstić information content (AvgIpc) is 3.28. The van der Waals surface area contributed by atoms with E-state index in [2.05, 4.69) is 64.6 Å². The van der Waals surface area contributed by atoms with E-state index >= 15 is 0 Å². The number of carbonyl (C=O) groups excluding carboxylic acids is 2. The Bertz CT molecular complexity index is 1180. The van der Waals surface area contributed by atoms with Crippen molar-refractivity contribution in [1.82, 2.24) is 5.32 Å². The van der Waals surface area contributed by atoms with Gasteiger partial charge >= 0.3 is 0 Å². The SMILES string of the molecule is CN(C)c1ccc(C2C3=C(CC(C)(C)CC3=O)Nc3ccccc3N2CC(=O)NC2CCCC2)cc1. The molecule has 1 heterocycles. The number of rotatable bonds is 5. The van der Waals surface area contributed by atoms with E-state index in [1.54, 1.807) is 0 Å². The molecule has 0 radical (unpaired) electrons. The second-order valence-corrected chi connectivity index (χ2v) is 11.5. The van der Waals surface area contributed by atoms with Gasteiger partial charge in [-0.25, -0.2) is 0 Å². The second-order valence-electron chi connectivity index (χ2n) is 11.5. The Morgan fingerprint density at radius 1 is 1.06 bits per heavy atom. The van der Waals surface area contributed by atoms with Gasteiger partial charge < -0.3 is 20.4 Å². The number of hydrogen-bond donors (Lipinski definition) is 2. The second kappa shape index (κ2) is 9.64. The number of ketones is 1. The minimum absolute atomic E-state index is 0.0132. The third-order valence-electron chi connectivity index (χ3n) is 7.76. The summed E-state index contributed by atoms with van der Waals surface area (Å²) in [7, 11) is 4.04. The van der Waals surface area contributed by atoms with Gasteiger partial charge in [0, 0.05) is 43.5 Å². The predicted molar refractivity (Wildman–Crippen MR) is 146 cm³/mol. The molecule has 1 unspecified atom stereocenters. The Balaban J connectivity index is 1.62. The van der Waals surface area contributed by atoms with E-state index in [0.717, 1.165) is 53.2 Å². The molecule has 6 nitrogen and oxygen atoms in total. The van der Waals surface area contributed by atoms with Crippen molar-refractivity contribution in [3.8, 4) is 0 Å². The van der Waals surface area contributed by atoms with Crippen molar-refractivity contribution in [3.05, 3.63) is 65.4 Å². The van der Waals surface area contributed by atoms with Gasteiger partial charge in [-0.05, 0) is 54.5 Å². The van der Waals surface area contributed by atoms with Crippen molar-refractivity contribution in [2.75, 3.05) is 35.8 Å². The Morgan fingerprint density at radius 3 is 2.44 bits per heavy atom. The lowest BCUT2D eigenvalue weighted by molar-refractivity contribution is -0.121. The van der Waals surface area contributed by atoms with Crippen LogP contribution in [0.4, 0.5) is 17.1 Å².